The SMILES string of the molecule is Cc1nc2cc([C@@H]3CC[C@@H](C)CN3C(=O)C(=O)Nc3cnc(N)c(C)c3)ccc2s1. The minimum absolute atomic E-state index is 0.142. The number of anilines is 2. The van der Waals surface area contributed by atoms with E-state index in [-0.39, 0.29) is 6.04 Å². The highest BCUT2D eigenvalue weighted by Crippen LogP contribution is 2.35. The van der Waals surface area contributed by atoms with Gasteiger partial charge in [-0.25, -0.2) is 9.97 Å². The second-order valence-electron chi connectivity index (χ2n) is 8.00. The molecule has 1 fully saturated rings. The zero-order chi connectivity index (χ0) is 21.4. The Kier molecular flexibility index (Phi) is 5.42. The van der Waals surface area contributed by atoms with E-state index < -0.39 is 11.8 Å². The molecule has 3 aromatic rings. The van der Waals surface area contributed by atoms with Crippen LogP contribution >= 0.6 is 11.3 Å². The smallest absolute Gasteiger partial charge is 0.313 e. The highest BCUT2D eigenvalue weighted by Gasteiger charge is 2.34. The quantitative estimate of drug-likeness (QED) is 0.610. The van der Waals surface area contributed by atoms with Crippen molar-refractivity contribution in [2.24, 2.45) is 5.92 Å². The van der Waals surface area contributed by atoms with Gasteiger partial charge in [-0.2, -0.15) is 0 Å². The molecule has 4 rings (SSSR count). The average Bonchev–Trinajstić information content (AvgIpc) is 3.09. The van der Waals surface area contributed by atoms with Crippen LogP contribution in [0.4, 0.5) is 11.5 Å². The number of nitrogens with one attached hydrogen (secondary N) is 1. The molecule has 0 aliphatic carbocycles. The van der Waals surface area contributed by atoms with E-state index in [0.29, 0.717) is 24.0 Å². The van der Waals surface area contributed by atoms with Gasteiger partial charge in [0.25, 0.3) is 0 Å². The molecule has 1 aromatic carbocycles. The molecular weight excluding hydrogens is 398 g/mol. The molecule has 8 heteroatoms. The van der Waals surface area contributed by atoms with Crippen LogP contribution in [0.5, 0.6) is 0 Å². The fraction of sp³-hybridized carbons (Fsp3) is 0.364. The van der Waals surface area contributed by atoms with Crippen molar-refractivity contribution in [1.29, 1.82) is 0 Å². The highest BCUT2D eigenvalue weighted by atomic mass is 32.1. The topological polar surface area (TPSA) is 101 Å². The van der Waals surface area contributed by atoms with Crippen LogP contribution in [0.2, 0.25) is 0 Å². The number of fused-ring (bicyclic) bond motifs is 1. The predicted molar refractivity (Wildman–Crippen MR) is 119 cm³/mol. The number of benzene rings is 1. The van der Waals surface area contributed by atoms with Crippen LogP contribution in [-0.4, -0.2) is 33.2 Å². The molecule has 1 aliphatic rings. The summed E-state index contributed by atoms with van der Waals surface area (Å²) in [7, 11) is 0. The number of hydrogen-bond donors (Lipinski definition) is 2. The van der Waals surface area contributed by atoms with Gasteiger partial charge in [-0.3, -0.25) is 9.59 Å². The number of thiazole rings is 1. The van der Waals surface area contributed by atoms with Gasteiger partial charge in [0.05, 0.1) is 33.2 Å². The van der Waals surface area contributed by atoms with Crippen molar-refractivity contribution in [1.82, 2.24) is 14.9 Å². The molecule has 3 N–H and O–H groups in total. The Labute approximate surface area is 179 Å². The number of nitrogens with two attached hydrogens (primary N) is 1. The number of carbonyl (C=O) groups excluding carboxylic acids is 2. The zero-order valence-corrected chi connectivity index (χ0v) is 18.1. The molecule has 0 bridgehead atoms. The second kappa shape index (κ2) is 8.02. The van der Waals surface area contributed by atoms with Gasteiger partial charge < -0.3 is 16.0 Å². The van der Waals surface area contributed by atoms with Gasteiger partial charge in [0.15, 0.2) is 0 Å². The first-order valence-corrected chi connectivity index (χ1v) is 10.8. The average molecular weight is 424 g/mol. The third-order valence-electron chi connectivity index (χ3n) is 5.55. The summed E-state index contributed by atoms with van der Waals surface area (Å²) >= 11 is 1.65. The van der Waals surface area contributed by atoms with Crippen molar-refractivity contribution in [2.45, 2.75) is 39.7 Å². The molecule has 7 nitrogen and oxygen atoms in total. The largest absolute Gasteiger partial charge is 0.383 e. The molecule has 0 unspecified atom stereocenters. The monoisotopic (exact) mass is 423 g/mol. The van der Waals surface area contributed by atoms with E-state index in [1.54, 1.807) is 29.2 Å². The lowest BCUT2D eigenvalue weighted by Gasteiger charge is -2.38. The van der Waals surface area contributed by atoms with E-state index in [1.165, 1.54) is 6.20 Å². The Morgan fingerprint density at radius 1 is 1.23 bits per heavy atom. The molecule has 1 aliphatic heterocycles. The molecule has 2 atom stereocenters. The predicted octanol–water partition coefficient (Wildman–Crippen LogP) is 3.83. The third-order valence-corrected chi connectivity index (χ3v) is 6.50. The van der Waals surface area contributed by atoms with Gasteiger partial charge in [-0.1, -0.05) is 13.0 Å². The summed E-state index contributed by atoms with van der Waals surface area (Å²) in [6, 6.07) is 7.72. The van der Waals surface area contributed by atoms with Gasteiger partial charge in [0.2, 0.25) is 0 Å². The molecule has 30 heavy (non-hydrogen) atoms. The Bertz CT molecular complexity index is 1130. The van der Waals surface area contributed by atoms with Crippen molar-refractivity contribution >= 4 is 44.9 Å². The molecule has 156 valence electrons. The van der Waals surface area contributed by atoms with Gasteiger partial charge in [-0.15, -0.1) is 11.3 Å². The van der Waals surface area contributed by atoms with Gasteiger partial charge in [-0.05, 0) is 61.9 Å². The van der Waals surface area contributed by atoms with E-state index in [0.717, 1.165) is 39.2 Å². The second-order valence-corrected chi connectivity index (χ2v) is 9.23. The number of hydrogen-bond acceptors (Lipinski definition) is 6. The number of pyridine rings is 1. The minimum Gasteiger partial charge on any atom is -0.383 e. The van der Waals surface area contributed by atoms with Crippen LogP contribution in [0.3, 0.4) is 0 Å². The lowest BCUT2D eigenvalue weighted by atomic mass is 9.89. The summed E-state index contributed by atoms with van der Waals surface area (Å²) < 4.78 is 1.13. The summed E-state index contributed by atoms with van der Waals surface area (Å²) in [4.78, 5) is 36.2. The van der Waals surface area contributed by atoms with Crippen molar-refractivity contribution in [2.75, 3.05) is 17.6 Å². The van der Waals surface area contributed by atoms with Crippen LogP contribution in [-0.2, 0) is 9.59 Å². The zero-order valence-electron chi connectivity index (χ0n) is 17.3. The number of amides is 2. The fourth-order valence-corrected chi connectivity index (χ4v) is 4.77. The van der Waals surface area contributed by atoms with Crippen LogP contribution in [0.1, 0.15) is 41.9 Å². The number of aromatic nitrogens is 2. The van der Waals surface area contributed by atoms with Crippen LogP contribution in [0.15, 0.2) is 30.5 Å². The maximum atomic E-state index is 13.1. The lowest BCUT2D eigenvalue weighted by molar-refractivity contribution is -0.146. The van der Waals surface area contributed by atoms with Crippen LogP contribution < -0.4 is 11.1 Å². The normalized spacial score (nSPS) is 19.1. The first-order chi connectivity index (χ1) is 14.3. The van der Waals surface area contributed by atoms with Crippen molar-refractivity contribution < 1.29 is 9.59 Å². The van der Waals surface area contributed by atoms with E-state index in [4.69, 9.17) is 5.73 Å². The van der Waals surface area contributed by atoms with E-state index in [1.807, 2.05) is 19.1 Å². The Hall–Kier alpha value is -3.00. The van der Waals surface area contributed by atoms with Gasteiger partial charge in [0, 0.05) is 6.54 Å². The lowest BCUT2D eigenvalue weighted by Crippen LogP contribution is -2.46. The van der Waals surface area contributed by atoms with E-state index in [2.05, 4.69) is 28.3 Å². The fourth-order valence-electron chi connectivity index (χ4n) is 3.96. The maximum Gasteiger partial charge on any atom is 0.313 e. The summed E-state index contributed by atoms with van der Waals surface area (Å²) in [5, 5.41) is 3.68. The number of nitrogens with zero attached hydrogens (tertiary/aromatic N) is 3. The Balaban J connectivity index is 1.58. The molecule has 2 aromatic heterocycles. The number of nitrogen functional groups attached to an aromatic ring is 1. The number of rotatable bonds is 2. The van der Waals surface area contributed by atoms with E-state index >= 15 is 0 Å². The van der Waals surface area contributed by atoms with E-state index in [9.17, 15) is 9.59 Å². The number of piperidine rings is 1. The Morgan fingerprint density at radius 2 is 2.03 bits per heavy atom. The maximum absolute atomic E-state index is 13.1. The number of likely N-dealkylation sites (tertiary alicyclic amines) is 1. The minimum atomic E-state index is -0.661. The highest BCUT2D eigenvalue weighted by molar-refractivity contribution is 7.18. The first-order valence-electron chi connectivity index (χ1n) is 10.0. The standard InChI is InChI=1S/C22H25N5O2S/c1-12-4-6-18(15-5-7-19-17(9-15)25-14(3)30-19)27(11-12)22(29)21(28)26-16-8-13(2)20(23)24-10-16/h5,7-10,12,18H,4,6,11H2,1-3H3,(H2,23,24)(H,26,28)/t12-,18+/m1/s1. The van der Waals surface area contributed by atoms with Crippen LogP contribution in [0, 0.1) is 19.8 Å². The molecule has 0 spiro atoms. The molecular formula is C22H25N5O2S. The number of aryl methyl sites for hydroxylation is 2. The molecule has 0 radical (unpaired) electrons. The summed E-state index contributed by atoms with van der Waals surface area (Å²) in [6.45, 7) is 6.44. The van der Waals surface area contributed by atoms with Gasteiger partial charge >= 0.3 is 11.8 Å². The molecule has 3 heterocycles. The Morgan fingerprint density at radius 3 is 2.80 bits per heavy atom. The van der Waals surface area contributed by atoms with Crippen molar-refractivity contribution in [3.05, 3.63) is 46.6 Å². The van der Waals surface area contributed by atoms with Crippen LogP contribution in [0.25, 0.3) is 10.2 Å². The molecule has 0 saturated carbocycles. The molecule has 2 amide bonds. The first kappa shape index (κ1) is 20.3. The third kappa shape index (κ3) is 4.00. The summed E-state index contributed by atoms with van der Waals surface area (Å²) in [6.07, 6.45) is 3.28. The number of carbonyl (C=O) groups is 2. The van der Waals surface area contributed by atoms with Gasteiger partial charge in [0.1, 0.15) is 5.82 Å². The van der Waals surface area contributed by atoms with Crippen molar-refractivity contribution in [3.63, 3.8) is 0 Å². The molecule has 1 saturated heterocycles. The van der Waals surface area contributed by atoms with Crippen molar-refractivity contribution in [3.8, 4) is 0 Å². The summed E-state index contributed by atoms with van der Waals surface area (Å²) in [5.41, 5.74) is 8.90. The summed E-state index contributed by atoms with van der Waals surface area (Å²) in [5.74, 6) is -0.457.